The van der Waals surface area contributed by atoms with Crippen molar-refractivity contribution in [3.63, 3.8) is 0 Å². The van der Waals surface area contributed by atoms with Gasteiger partial charge in [0.25, 0.3) is 0 Å². The van der Waals surface area contributed by atoms with Crippen molar-refractivity contribution in [2.24, 2.45) is 0 Å². The van der Waals surface area contributed by atoms with Crippen molar-refractivity contribution in [2.75, 3.05) is 18.5 Å². The first kappa shape index (κ1) is 13.7. The number of ether oxygens (including phenoxy) is 1. The third-order valence-corrected chi connectivity index (χ3v) is 3.48. The zero-order valence-electron chi connectivity index (χ0n) is 11.4. The first-order valence-electron chi connectivity index (χ1n) is 6.79. The molecule has 0 saturated heterocycles. The average Bonchev–Trinajstić information content (AvgIpc) is 2.55. The molecule has 3 nitrogen and oxygen atoms in total. The van der Waals surface area contributed by atoms with E-state index < -0.39 is 0 Å². The van der Waals surface area contributed by atoms with Gasteiger partial charge in [0.2, 0.25) is 0 Å². The van der Waals surface area contributed by atoms with E-state index >= 15 is 0 Å². The van der Waals surface area contributed by atoms with Gasteiger partial charge in [0.15, 0.2) is 0 Å². The summed E-state index contributed by atoms with van der Waals surface area (Å²) in [4.78, 5) is 4.39. The van der Waals surface area contributed by atoms with Gasteiger partial charge in [-0.05, 0) is 36.4 Å². The normalized spacial score (nSPS) is 10.5. The van der Waals surface area contributed by atoms with Crippen LogP contribution in [0, 0.1) is 0 Å². The van der Waals surface area contributed by atoms with Crippen molar-refractivity contribution in [3.8, 4) is 5.75 Å². The predicted molar refractivity (Wildman–Crippen MR) is 87.2 cm³/mol. The van der Waals surface area contributed by atoms with E-state index in [1.54, 1.807) is 6.20 Å². The lowest BCUT2D eigenvalue weighted by Gasteiger charge is -2.11. The summed E-state index contributed by atoms with van der Waals surface area (Å²) in [6.07, 6.45) is 1.77. The molecule has 0 aliphatic heterocycles. The number of hydrogen-bond donors (Lipinski definition) is 1. The maximum atomic E-state index is 6.18. The first-order valence-corrected chi connectivity index (χ1v) is 7.17. The van der Waals surface area contributed by atoms with E-state index in [2.05, 4.69) is 10.3 Å². The molecule has 0 aliphatic carbocycles. The summed E-state index contributed by atoms with van der Waals surface area (Å²) < 4.78 is 5.65. The van der Waals surface area contributed by atoms with Gasteiger partial charge in [0.05, 0.1) is 16.2 Å². The van der Waals surface area contributed by atoms with Gasteiger partial charge in [-0.3, -0.25) is 4.98 Å². The highest BCUT2D eigenvalue weighted by atomic mass is 35.5. The van der Waals surface area contributed by atoms with Crippen LogP contribution in [0.2, 0.25) is 5.02 Å². The molecule has 0 unspecified atom stereocenters. The summed E-state index contributed by atoms with van der Waals surface area (Å²) in [5, 5.41) is 5.00. The minimum atomic E-state index is 0.584. The van der Waals surface area contributed by atoms with Crippen LogP contribution in [0.15, 0.2) is 60.8 Å². The highest BCUT2D eigenvalue weighted by Crippen LogP contribution is 2.27. The van der Waals surface area contributed by atoms with Crippen LogP contribution in [0.5, 0.6) is 5.75 Å². The molecule has 3 rings (SSSR count). The lowest BCUT2D eigenvalue weighted by molar-refractivity contribution is 0.333. The van der Waals surface area contributed by atoms with Crippen molar-refractivity contribution in [1.82, 2.24) is 4.98 Å². The van der Waals surface area contributed by atoms with Crippen LogP contribution in [0.4, 0.5) is 5.69 Å². The van der Waals surface area contributed by atoms with Crippen LogP contribution < -0.4 is 10.1 Å². The van der Waals surface area contributed by atoms with E-state index in [1.807, 2.05) is 54.6 Å². The predicted octanol–water partition coefficient (Wildman–Crippen LogP) is 4.38. The first-order chi connectivity index (χ1) is 10.3. The Morgan fingerprint density at radius 3 is 2.71 bits per heavy atom. The minimum absolute atomic E-state index is 0.584. The number of halogens is 1. The van der Waals surface area contributed by atoms with E-state index in [4.69, 9.17) is 16.3 Å². The highest BCUT2D eigenvalue weighted by Gasteiger charge is 2.04. The molecule has 0 radical (unpaired) electrons. The van der Waals surface area contributed by atoms with E-state index in [9.17, 15) is 0 Å². The molecule has 0 spiro atoms. The summed E-state index contributed by atoms with van der Waals surface area (Å²) >= 11 is 6.18. The fraction of sp³-hybridized carbons (Fsp3) is 0.118. The van der Waals surface area contributed by atoms with Crippen LogP contribution in [0.25, 0.3) is 10.9 Å². The molecular formula is C17H15ClN2O. The minimum Gasteiger partial charge on any atom is -0.492 e. The molecule has 2 aromatic carbocycles. The van der Waals surface area contributed by atoms with Crippen LogP contribution in [0.3, 0.4) is 0 Å². The van der Waals surface area contributed by atoms with Crippen LogP contribution >= 0.6 is 11.6 Å². The number of rotatable bonds is 5. The summed E-state index contributed by atoms with van der Waals surface area (Å²) in [5.41, 5.74) is 1.84. The molecule has 0 atom stereocenters. The van der Waals surface area contributed by atoms with Crippen molar-refractivity contribution in [3.05, 3.63) is 65.8 Å². The fourth-order valence-electron chi connectivity index (χ4n) is 2.15. The highest BCUT2D eigenvalue weighted by molar-refractivity contribution is 6.35. The standard InChI is InChI=1S/C17H15ClN2O/c18-15-8-9-16(17-14(15)7-4-10-20-17)19-11-12-21-13-5-2-1-3-6-13/h1-10,19H,11-12H2. The Morgan fingerprint density at radius 2 is 1.86 bits per heavy atom. The molecule has 0 aliphatic rings. The lowest BCUT2D eigenvalue weighted by atomic mass is 10.2. The summed E-state index contributed by atoms with van der Waals surface area (Å²) in [6.45, 7) is 1.28. The number of para-hydroxylation sites is 1. The van der Waals surface area contributed by atoms with Crippen molar-refractivity contribution in [2.45, 2.75) is 0 Å². The van der Waals surface area contributed by atoms with Gasteiger partial charge in [-0.2, -0.15) is 0 Å². The Morgan fingerprint density at radius 1 is 1.00 bits per heavy atom. The molecule has 0 amide bonds. The second-order valence-electron chi connectivity index (χ2n) is 4.58. The monoisotopic (exact) mass is 298 g/mol. The molecule has 4 heteroatoms. The zero-order valence-corrected chi connectivity index (χ0v) is 12.2. The van der Waals surface area contributed by atoms with Gasteiger partial charge in [0, 0.05) is 18.1 Å². The molecule has 21 heavy (non-hydrogen) atoms. The molecule has 106 valence electrons. The maximum Gasteiger partial charge on any atom is 0.119 e. The molecular weight excluding hydrogens is 284 g/mol. The third-order valence-electron chi connectivity index (χ3n) is 3.15. The van der Waals surface area contributed by atoms with Gasteiger partial charge in [-0.25, -0.2) is 0 Å². The fourth-order valence-corrected chi connectivity index (χ4v) is 2.37. The SMILES string of the molecule is Clc1ccc(NCCOc2ccccc2)c2ncccc12. The van der Waals surface area contributed by atoms with E-state index in [1.165, 1.54) is 0 Å². The molecule has 1 heterocycles. The maximum absolute atomic E-state index is 6.18. The Hall–Kier alpha value is -2.26. The number of aromatic nitrogens is 1. The second-order valence-corrected chi connectivity index (χ2v) is 4.99. The Balaban J connectivity index is 1.65. The van der Waals surface area contributed by atoms with Crippen molar-refractivity contribution >= 4 is 28.2 Å². The van der Waals surface area contributed by atoms with Gasteiger partial charge in [-0.1, -0.05) is 29.8 Å². The largest absolute Gasteiger partial charge is 0.492 e. The summed E-state index contributed by atoms with van der Waals surface area (Å²) in [5.74, 6) is 0.874. The number of pyridine rings is 1. The Bertz CT molecular complexity index is 731. The molecule has 0 bridgehead atoms. The number of nitrogens with zero attached hydrogens (tertiary/aromatic N) is 1. The Kier molecular flexibility index (Phi) is 4.22. The van der Waals surface area contributed by atoms with E-state index in [0.29, 0.717) is 18.2 Å². The average molecular weight is 299 g/mol. The topological polar surface area (TPSA) is 34.1 Å². The third kappa shape index (κ3) is 3.26. The molecule has 1 N–H and O–H groups in total. The van der Waals surface area contributed by atoms with Gasteiger partial charge >= 0.3 is 0 Å². The summed E-state index contributed by atoms with van der Waals surface area (Å²) in [7, 11) is 0. The van der Waals surface area contributed by atoms with Crippen LogP contribution in [-0.2, 0) is 0 Å². The van der Waals surface area contributed by atoms with Gasteiger partial charge < -0.3 is 10.1 Å². The second kappa shape index (κ2) is 6.46. The number of fused-ring (bicyclic) bond motifs is 1. The van der Waals surface area contributed by atoms with E-state index in [0.717, 1.165) is 22.3 Å². The van der Waals surface area contributed by atoms with Crippen molar-refractivity contribution in [1.29, 1.82) is 0 Å². The van der Waals surface area contributed by atoms with Crippen LogP contribution in [0.1, 0.15) is 0 Å². The number of benzene rings is 2. The van der Waals surface area contributed by atoms with Gasteiger partial charge in [0.1, 0.15) is 12.4 Å². The van der Waals surface area contributed by atoms with Gasteiger partial charge in [-0.15, -0.1) is 0 Å². The van der Waals surface area contributed by atoms with E-state index in [-0.39, 0.29) is 0 Å². The quantitative estimate of drug-likeness (QED) is 0.710. The number of anilines is 1. The zero-order chi connectivity index (χ0) is 14.5. The smallest absolute Gasteiger partial charge is 0.119 e. The lowest BCUT2D eigenvalue weighted by Crippen LogP contribution is -2.11. The number of nitrogens with one attached hydrogen (secondary N) is 1. The molecule has 0 saturated carbocycles. The summed E-state index contributed by atoms with van der Waals surface area (Å²) in [6, 6.07) is 17.5. The molecule has 0 fully saturated rings. The number of hydrogen-bond acceptors (Lipinski definition) is 3. The Labute approximate surface area is 128 Å². The molecule has 3 aromatic rings. The molecule has 1 aromatic heterocycles. The van der Waals surface area contributed by atoms with Crippen LogP contribution in [-0.4, -0.2) is 18.1 Å². The van der Waals surface area contributed by atoms with Crippen molar-refractivity contribution < 1.29 is 4.74 Å².